The molecule has 208 valence electrons. The Kier molecular flexibility index (Phi) is 6.74. The molecule has 1 aromatic heterocycles. The van der Waals surface area contributed by atoms with Gasteiger partial charge < -0.3 is 19.7 Å². The van der Waals surface area contributed by atoms with Gasteiger partial charge in [0, 0.05) is 70.7 Å². The van der Waals surface area contributed by atoms with Gasteiger partial charge in [0.1, 0.15) is 5.69 Å². The Balaban J connectivity index is 1.14. The number of hydrogen-bond donors (Lipinski definition) is 1. The van der Waals surface area contributed by atoms with Gasteiger partial charge in [-0.05, 0) is 72.7 Å². The summed E-state index contributed by atoms with van der Waals surface area (Å²) in [4.78, 5) is 43.4. The zero-order valence-corrected chi connectivity index (χ0v) is 23.6. The molecule has 0 saturated heterocycles. The van der Waals surface area contributed by atoms with Crippen molar-refractivity contribution in [2.75, 3.05) is 32.1 Å². The molecule has 6 rings (SSSR count). The second kappa shape index (κ2) is 10.2. The van der Waals surface area contributed by atoms with Crippen LogP contribution in [0, 0.1) is 0 Å². The maximum absolute atomic E-state index is 13.3. The van der Waals surface area contributed by atoms with Gasteiger partial charge in [0.2, 0.25) is 5.91 Å². The Hall–Kier alpha value is -3.91. The summed E-state index contributed by atoms with van der Waals surface area (Å²) in [6.07, 6.45) is 4.20. The highest BCUT2D eigenvalue weighted by Crippen LogP contribution is 2.49. The lowest BCUT2D eigenvalue weighted by atomic mass is 9.71. The van der Waals surface area contributed by atoms with E-state index in [1.165, 1.54) is 17.7 Å². The van der Waals surface area contributed by atoms with Crippen molar-refractivity contribution in [1.82, 2.24) is 19.7 Å². The van der Waals surface area contributed by atoms with Crippen LogP contribution in [0.15, 0.2) is 54.6 Å². The maximum Gasteiger partial charge on any atom is 0.268 e. The predicted octanol–water partition coefficient (Wildman–Crippen LogP) is 3.92. The van der Waals surface area contributed by atoms with E-state index < -0.39 is 0 Å². The van der Waals surface area contributed by atoms with E-state index >= 15 is 0 Å². The fourth-order valence-corrected chi connectivity index (χ4v) is 6.62. The van der Waals surface area contributed by atoms with E-state index in [9.17, 15) is 14.4 Å². The van der Waals surface area contributed by atoms with Gasteiger partial charge in [-0.25, -0.2) is 0 Å². The van der Waals surface area contributed by atoms with E-state index in [2.05, 4.69) is 39.0 Å². The number of nitrogens with one attached hydrogen (secondary N) is 1. The number of fused-ring (bicyclic) bond motifs is 3. The molecule has 1 aliphatic carbocycles. The van der Waals surface area contributed by atoms with E-state index in [-0.39, 0.29) is 23.3 Å². The topological polar surface area (TPSA) is 77.9 Å². The molecule has 1 N–H and O–H groups in total. The maximum atomic E-state index is 13.3. The molecule has 3 amide bonds. The first-order valence-electron chi connectivity index (χ1n) is 14.2. The number of aromatic nitrogens is 1. The monoisotopic (exact) mass is 539 g/mol. The van der Waals surface area contributed by atoms with Crippen LogP contribution in [0.4, 0.5) is 5.69 Å². The standard InChI is InChI=1S/C32H37N5O3/c1-22(38)36-16-13-26-19-24(7-10-27(26)36)20-33-30(39)28-11-12-29-32(14-4-15-32)35(17-18-37(28)29)21-23-5-8-25(9-6-23)31(40)34(2)3/h5-12,19H,4,13-18,20-21H2,1-3H3,(H,33,39). The van der Waals surface area contributed by atoms with Gasteiger partial charge in [-0.2, -0.15) is 0 Å². The molecule has 2 aromatic carbocycles. The molecular formula is C32H37N5O3. The first-order chi connectivity index (χ1) is 19.3. The van der Waals surface area contributed by atoms with Crippen molar-refractivity contribution < 1.29 is 14.4 Å². The number of hydrogen-bond acceptors (Lipinski definition) is 4. The molecule has 3 aromatic rings. The molecule has 8 heteroatoms. The third-order valence-electron chi connectivity index (χ3n) is 8.92. The Morgan fingerprint density at radius 1 is 0.925 bits per heavy atom. The molecule has 0 atom stereocenters. The van der Waals surface area contributed by atoms with Crippen LogP contribution in [0.25, 0.3) is 0 Å². The largest absolute Gasteiger partial charge is 0.347 e. The third-order valence-corrected chi connectivity index (χ3v) is 8.92. The Bertz CT molecular complexity index is 1470. The molecule has 1 fully saturated rings. The van der Waals surface area contributed by atoms with Crippen LogP contribution in [0.2, 0.25) is 0 Å². The summed E-state index contributed by atoms with van der Waals surface area (Å²) in [5.41, 5.74) is 6.99. The average Bonchev–Trinajstić information content (AvgIpc) is 3.55. The van der Waals surface area contributed by atoms with Crippen LogP contribution in [-0.4, -0.2) is 59.3 Å². The molecule has 3 heterocycles. The highest BCUT2D eigenvalue weighted by atomic mass is 16.2. The van der Waals surface area contributed by atoms with Crippen molar-refractivity contribution in [2.45, 2.75) is 57.8 Å². The Morgan fingerprint density at radius 2 is 1.68 bits per heavy atom. The van der Waals surface area contributed by atoms with E-state index in [1.54, 1.807) is 25.9 Å². The van der Waals surface area contributed by atoms with E-state index in [4.69, 9.17) is 0 Å². The second-order valence-corrected chi connectivity index (χ2v) is 11.5. The molecular weight excluding hydrogens is 502 g/mol. The summed E-state index contributed by atoms with van der Waals surface area (Å²) in [5, 5.41) is 3.13. The molecule has 0 radical (unpaired) electrons. The molecule has 1 saturated carbocycles. The van der Waals surface area contributed by atoms with Crippen LogP contribution in [0.5, 0.6) is 0 Å². The molecule has 1 spiro atoms. The Labute approximate surface area is 235 Å². The quantitative estimate of drug-likeness (QED) is 0.515. The molecule has 0 bridgehead atoms. The van der Waals surface area contributed by atoms with Crippen LogP contribution in [0.3, 0.4) is 0 Å². The number of benzene rings is 2. The minimum absolute atomic E-state index is 0.0134. The van der Waals surface area contributed by atoms with Gasteiger partial charge in [-0.1, -0.05) is 24.3 Å². The normalized spacial score (nSPS) is 17.2. The zero-order chi connectivity index (χ0) is 28.0. The van der Waals surface area contributed by atoms with E-state index in [1.807, 2.05) is 35.2 Å². The van der Waals surface area contributed by atoms with Crippen molar-refractivity contribution in [2.24, 2.45) is 0 Å². The molecule has 2 aliphatic heterocycles. The summed E-state index contributed by atoms with van der Waals surface area (Å²) in [5.74, 6) is 0.0237. The number of anilines is 1. The van der Waals surface area contributed by atoms with Gasteiger partial charge in [-0.3, -0.25) is 19.3 Å². The van der Waals surface area contributed by atoms with Crippen molar-refractivity contribution in [3.05, 3.63) is 88.2 Å². The predicted molar refractivity (Wildman–Crippen MR) is 154 cm³/mol. The fourth-order valence-electron chi connectivity index (χ4n) is 6.62. The van der Waals surface area contributed by atoms with Gasteiger partial charge in [0.25, 0.3) is 11.8 Å². The SMILES string of the molecule is CC(=O)N1CCc2cc(CNC(=O)c3ccc4n3CCN(Cc3ccc(C(=O)N(C)C)cc3)C43CCC3)ccc21. The minimum Gasteiger partial charge on any atom is -0.347 e. The van der Waals surface area contributed by atoms with Crippen molar-refractivity contribution >= 4 is 23.4 Å². The zero-order valence-electron chi connectivity index (χ0n) is 23.6. The van der Waals surface area contributed by atoms with Crippen molar-refractivity contribution in [3.8, 4) is 0 Å². The smallest absolute Gasteiger partial charge is 0.268 e. The average molecular weight is 540 g/mol. The number of rotatable bonds is 6. The van der Waals surface area contributed by atoms with Gasteiger partial charge in [0.15, 0.2) is 0 Å². The number of carbonyl (C=O) groups excluding carboxylic acids is 3. The fraction of sp³-hybridized carbons (Fsp3) is 0.406. The van der Waals surface area contributed by atoms with Gasteiger partial charge in [-0.15, -0.1) is 0 Å². The summed E-state index contributed by atoms with van der Waals surface area (Å²) >= 11 is 0. The number of nitrogens with zero attached hydrogens (tertiary/aromatic N) is 4. The highest BCUT2D eigenvalue weighted by Gasteiger charge is 2.48. The molecule has 8 nitrogen and oxygen atoms in total. The summed E-state index contributed by atoms with van der Waals surface area (Å²) in [7, 11) is 3.54. The molecule has 40 heavy (non-hydrogen) atoms. The van der Waals surface area contributed by atoms with Crippen molar-refractivity contribution in [1.29, 1.82) is 0 Å². The van der Waals surface area contributed by atoms with E-state index in [0.29, 0.717) is 12.1 Å². The summed E-state index contributed by atoms with van der Waals surface area (Å²) in [6, 6.07) is 18.2. The molecule has 3 aliphatic rings. The lowest BCUT2D eigenvalue weighted by Gasteiger charge is -2.53. The van der Waals surface area contributed by atoms with Crippen molar-refractivity contribution in [3.63, 3.8) is 0 Å². The lowest BCUT2D eigenvalue weighted by Crippen LogP contribution is -2.56. The van der Waals surface area contributed by atoms with Crippen LogP contribution in [-0.2, 0) is 36.4 Å². The summed E-state index contributed by atoms with van der Waals surface area (Å²) in [6.45, 7) is 5.23. The second-order valence-electron chi connectivity index (χ2n) is 11.5. The minimum atomic E-state index is -0.0545. The highest BCUT2D eigenvalue weighted by molar-refractivity contribution is 5.95. The van der Waals surface area contributed by atoms with Crippen LogP contribution < -0.4 is 10.2 Å². The van der Waals surface area contributed by atoms with Gasteiger partial charge >= 0.3 is 0 Å². The number of amides is 3. The first-order valence-corrected chi connectivity index (χ1v) is 14.2. The number of carbonyl (C=O) groups is 3. The van der Waals surface area contributed by atoms with E-state index in [0.717, 1.165) is 67.9 Å². The lowest BCUT2D eigenvalue weighted by molar-refractivity contribution is -0.116. The first kappa shape index (κ1) is 26.3. The van der Waals surface area contributed by atoms with Crippen LogP contribution >= 0.6 is 0 Å². The summed E-state index contributed by atoms with van der Waals surface area (Å²) < 4.78 is 2.22. The molecule has 0 unspecified atom stereocenters. The third kappa shape index (κ3) is 4.50. The Morgan fingerprint density at radius 3 is 2.35 bits per heavy atom. The van der Waals surface area contributed by atoms with Gasteiger partial charge in [0.05, 0.1) is 5.54 Å². The van der Waals surface area contributed by atoms with Crippen LogP contribution in [0.1, 0.15) is 69.4 Å².